The number of fused-ring (bicyclic) bond motifs is 5. The van der Waals surface area contributed by atoms with Gasteiger partial charge in [0.05, 0.1) is 12.7 Å². The summed E-state index contributed by atoms with van der Waals surface area (Å²) in [6, 6.07) is 2.70. The molecule has 4 rings (SSSR count). The van der Waals surface area contributed by atoms with Gasteiger partial charge in [0.2, 0.25) is 0 Å². The zero-order valence-corrected chi connectivity index (χ0v) is 10.1. The summed E-state index contributed by atoms with van der Waals surface area (Å²) in [5, 5.41) is 7.45. The van der Waals surface area contributed by atoms with Crippen LogP contribution in [0.5, 0.6) is 0 Å². The topological polar surface area (TPSA) is 38.1 Å². The molecule has 5 unspecified atom stereocenters. The Morgan fingerprint density at radius 2 is 2.18 bits per heavy atom. The van der Waals surface area contributed by atoms with Gasteiger partial charge in [-0.25, -0.2) is 0 Å². The lowest BCUT2D eigenvalue weighted by molar-refractivity contribution is 0.204. The average molecular weight is 232 g/mol. The van der Waals surface area contributed by atoms with Crippen molar-refractivity contribution in [1.82, 2.24) is 10.5 Å². The normalized spacial score (nSPS) is 43.2. The van der Waals surface area contributed by atoms with Crippen LogP contribution in [0.2, 0.25) is 0 Å². The highest BCUT2D eigenvalue weighted by molar-refractivity contribution is 5.06. The van der Waals surface area contributed by atoms with Gasteiger partial charge in [0.1, 0.15) is 5.76 Å². The van der Waals surface area contributed by atoms with Crippen molar-refractivity contribution in [2.75, 3.05) is 0 Å². The van der Waals surface area contributed by atoms with Crippen molar-refractivity contribution in [3.63, 3.8) is 0 Å². The number of aromatic nitrogens is 1. The van der Waals surface area contributed by atoms with Gasteiger partial charge < -0.3 is 9.84 Å². The Morgan fingerprint density at radius 1 is 1.24 bits per heavy atom. The standard InChI is InChI=1S/C14H20N2O/c1-2-11-9-6-13(12(11)3-1)14(7-9)15-8-10-4-5-16-17-10/h4-5,9,11-15H,1-3,6-8H2. The minimum atomic E-state index is 0.740. The van der Waals surface area contributed by atoms with Crippen LogP contribution >= 0.6 is 0 Å². The molecule has 0 spiro atoms. The van der Waals surface area contributed by atoms with Gasteiger partial charge in [-0.2, -0.15) is 0 Å². The average Bonchev–Trinajstić information content (AvgIpc) is 3.08. The van der Waals surface area contributed by atoms with Gasteiger partial charge in [0.25, 0.3) is 0 Å². The monoisotopic (exact) mass is 232 g/mol. The molecular formula is C14H20N2O. The fraction of sp³-hybridized carbons (Fsp3) is 0.786. The van der Waals surface area contributed by atoms with E-state index in [0.717, 1.165) is 42.0 Å². The predicted molar refractivity (Wildman–Crippen MR) is 64.2 cm³/mol. The fourth-order valence-electron chi connectivity index (χ4n) is 4.87. The van der Waals surface area contributed by atoms with Crippen LogP contribution < -0.4 is 5.32 Å². The second-order valence-corrected chi connectivity index (χ2v) is 6.12. The van der Waals surface area contributed by atoms with E-state index in [9.17, 15) is 0 Å². The summed E-state index contributed by atoms with van der Waals surface area (Å²) in [7, 11) is 0. The van der Waals surface area contributed by atoms with Crippen molar-refractivity contribution in [2.24, 2.45) is 23.7 Å². The van der Waals surface area contributed by atoms with Gasteiger partial charge in [-0.3, -0.25) is 0 Å². The van der Waals surface area contributed by atoms with Crippen molar-refractivity contribution in [3.8, 4) is 0 Å². The molecule has 0 aromatic carbocycles. The van der Waals surface area contributed by atoms with Gasteiger partial charge in [-0.1, -0.05) is 11.6 Å². The van der Waals surface area contributed by atoms with Crippen molar-refractivity contribution in [2.45, 2.75) is 44.7 Å². The van der Waals surface area contributed by atoms with Gasteiger partial charge in [-0.15, -0.1) is 0 Å². The van der Waals surface area contributed by atoms with E-state index in [0.29, 0.717) is 0 Å². The largest absolute Gasteiger partial charge is 0.360 e. The van der Waals surface area contributed by atoms with Crippen molar-refractivity contribution in [1.29, 1.82) is 0 Å². The SMILES string of the molecule is c1cc(CNC2CC3CC2C2CCCC32)on1. The van der Waals surface area contributed by atoms with Crippen LogP contribution in [0.1, 0.15) is 37.9 Å². The molecule has 0 amide bonds. The first-order valence-electron chi connectivity index (χ1n) is 7.05. The molecule has 1 heterocycles. The van der Waals surface area contributed by atoms with Crippen LogP contribution in [0.4, 0.5) is 0 Å². The predicted octanol–water partition coefficient (Wildman–Crippen LogP) is 2.59. The molecule has 2 bridgehead atoms. The first-order valence-corrected chi connectivity index (χ1v) is 7.05. The van der Waals surface area contributed by atoms with Crippen LogP contribution in [0.15, 0.2) is 16.8 Å². The molecule has 1 aromatic rings. The number of hydrogen-bond acceptors (Lipinski definition) is 3. The zero-order chi connectivity index (χ0) is 11.2. The maximum Gasteiger partial charge on any atom is 0.150 e. The highest BCUT2D eigenvalue weighted by atomic mass is 16.5. The summed E-state index contributed by atoms with van der Waals surface area (Å²) in [4.78, 5) is 0. The third-order valence-corrected chi connectivity index (χ3v) is 5.46. The minimum Gasteiger partial charge on any atom is -0.360 e. The van der Waals surface area contributed by atoms with Gasteiger partial charge in [0.15, 0.2) is 0 Å². The lowest BCUT2D eigenvalue weighted by atomic mass is 9.79. The quantitative estimate of drug-likeness (QED) is 0.870. The molecule has 0 radical (unpaired) electrons. The van der Waals surface area contributed by atoms with Crippen LogP contribution in [0.25, 0.3) is 0 Å². The summed E-state index contributed by atoms with van der Waals surface area (Å²) < 4.78 is 5.15. The Bertz CT molecular complexity index is 389. The third kappa shape index (κ3) is 1.55. The highest BCUT2D eigenvalue weighted by Gasteiger charge is 2.53. The maximum absolute atomic E-state index is 5.15. The molecule has 3 saturated carbocycles. The van der Waals surface area contributed by atoms with E-state index in [4.69, 9.17) is 4.52 Å². The number of nitrogens with zero attached hydrogens (tertiary/aromatic N) is 1. The van der Waals surface area contributed by atoms with Crippen LogP contribution in [-0.2, 0) is 6.54 Å². The van der Waals surface area contributed by atoms with E-state index >= 15 is 0 Å². The van der Waals surface area contributed by atoms with Gasteiger partial charge >= 0.3 is 0 Å². The summed E-state index contributed by atoms with van der Waals surface area (Å²) >= 11 is 0. The molecule has 3 nitrogen and oxygen atoms in total. The molecule has 1 aromatic heterocycles. The molecule has 0 aliphatic heterocycles. The summed E-state index contributed by atoms with van der Waals surface area (Å²) in [5.74, 6) is 5.08. The highest BCUT2D eigenvalue weighted by Crippen LogP contribution is 2.58. The van der Waals surface area contributed by atoms with Crippen molar-refractivity contribution in [3.05, 3.63) is 18.0 Å². The van der Waals surface area contributed by atoms with E-state index in [2.05, 4.69) is 10.5 Å². The third-order valence-electron chi connectivity index (χ3n) is 5.46. The van der Waals surface area contributed by atoms with E-state index < -0.39 is 0 Å². The molecule has 3 aliphatic rings. The van der Waals surface area contributed by atoms with Gasteiger partial charge in [-0.05, 0) is 49.4 Å². The second kappa shape index (κ2) is 3.84. The van der Waals surface area contributed by atoms with Crippen LogP contribution in [0.3, 0.4) is 0 Å². The van der Waals surface area contributed by atoms with Crippen molar-refractivity contribution >= 4 is 0 Å². The Hall–Kier alpha value is -0.830. The summed E-state index contributed by atoms with van der Waals surface area (Å²) in [6.07, 6.45) is 9.11. The molecule has 17 heavy (non-hydrogen) atoms. The zero-order valence-electron chi connectivity index (χ0n) is 10.1. The Kier molecular flexibility index (Phi) is 2.29. The van der Waals surface area contributed by atoms with Gasteiger partial charge in [0, 0.05) is 12.1 Å². The number of rotatable bonds is 3. The fourth-order valence-corrected chi connectivity index (χ4v) is 4.87. The van der Waals surface area contributed by atoms with Crippen molar-refractivity contribution < 1.29 is 4.52 Å². The smallest absolute Gasteiger partial charge is 0.150 e. The Labute approximate surface area is 102 Å². The van der Waals surface area contributed by atoms with E-state index in [1.54, 1.807) is 6.20 Å². The first kappa shape index (κ1) is 10.1. The molecule has 3 heteroatoms. The molecule has 92 valence electrons. The number of nitrogens with one attached hydrogen (secondary N) is 1. The Morgan fingerprint density at radius 3 is 3.06 bits per heavy atom. The summed E-state index contributed by atoms with van der Waals surface area (Å²) in [6.45, 7) is 0.852. The van der Waals surface area contributed by atoms with Crippen LogP contribution in [-0.4, -0.2) is 11.2 Å². The van der Waals surface area contributed by atoms with E-state index in [1.165, 1.54) is 32.1 Å². The second-order valence-electron chi connectivity index (χ2n) is 6.12. The molecule has 0 saturated heterocycles. The lowest BCUT2D eigenvalue weighted by Gasteiger charge is -2.32. The minimum absolute atomic E-state index is 0.740. The first-order chi connectivity index (χ1) is 8.42. The molecule has 3 fully saturated rings. The molecular weight excluding hydrogens is 212 g/mol. The molecule has 1 N–H and O–H groups in total. The van der Waals surface area contributed by atoms with Crippen LogP contribution in [0, 0.1) is 23.7 Å². The molecule has 5 atom stereocenters. The van der Waals surface area contributed by atoms with E-state index in [1.807, 2.05) is 6.07 Å². The molecule has 3 aliphatic carbocycles. The number of hydrogen-bond donors (Lipinski definition) is 1. The lowest BCUT2D eigenvalue weighted by Crippen LogP contribution is -2.38. The summed E-state index contributed by atoms with van der Waals surface area (Å²) in [5.41, 5.74) is 0. The maximum atomic E-state index is 5.15. The Balaban J connectivity index is 1.41. The van der Waals surface area contributed by atoms with E-state index in [-0.39, 0.29) is 0 Å².